The van der Waals surface area contributed by atoms with E-state index in [1.165, 1.54) is 38.2 Å². The molecule has 1 saturated carbocycles. The van der Waals surface area contributed by atoms with Gasteiger partial charge in [-0.15, -0.1) is 0 Å². The molecule has 1 saturated heterocycles. The Labute approximate surface area is 270 Å². The molecular formula is C36H44ClN5O3. The first kappa shape index (κ1) is 31.5. The number of benzene rings is 2. The fourth-order valence-corrected chi connectivity index (χ4v) is 7.64. The van der Waals surface area contributed by atoms with Crippen molar-refractivity contribution in [1.82, 2.24) is 25.0 Å². The summed E-state index contributed by atoms with van der Waals surface area (Å²) in [6, 6.07) is 12.6. The molecule has 1 N–H and O–H groups in total. The topological polar surface area (TPSA) is 93.3 Å². The van der Waals surface area contributed by atoms with Gasteiger partial charge in [0.25, 0.3) is 5.91 Å². The number of carbonyl (C=O) groups excluding carboxylic acids is 1. The fraction of sp³-hybridized carbons (Fsp3) is 0.500. The van der Waals surface area contributed by atoms with Crippen LogP contribution in [0.3, 0.4) is 0 Å². The van der Waals surface area contributed by atoms with Gasteiger partial charge in [0.2, 0.25) is 0 Å². The van der Waals surface area contributed by atoms with Gasteiger partial charge < -0.3 is 14.6 Å². The smallest absolute Gasteiger partial charge is 0.287 e. The van der Waals surface area contributed by atoms with Crippen LogP contribution in [0.4, 0.5) is 0 Å². The Kier molecular flexibility index (Phi) is 9.71. The van der Waals surface area contributed by atoms with Crippen molar-refractivity contribution in [3.63, 3.8) is 0 Å². The lowest BCUT2D eigenvalue weighted by atomic mass is 9.63. The van der Waals surface area contributed by atoms with Gasteiger partial charge in [-0.25, -0.2) is 4.98 Å². The highest BCUT2D eigenvalue weighted by molar-refractivity contribution is 6.30. The third-order valence-corrected chi connectivity index (χ3v) is 10.6. The van der Waals surface area contributed by atoms with Crippen LogP contribution in [0.1, 0.15) is 78.6 Å². The summed E-state index contributed by atoms with van der Waals surface area (Å²) in [5.74, 6) is 0.410. The van der Waals surface area contributed by atoms with Gasteiger partial charge in [0, 0.05) is 30.2 Å². The molecule has 0 bridgehead atoms. The summed E-state index contributed by atoms with van der Waals surface area (Å²) in [6.45, 7) is 7.82. The molecule has 1 aliphatic heterocycles. The molecule has 45 heavy (non-hydrogen) atoms. The minimum atomic E-state index is -0.367. The summed E-state index contributed by atoms with van der Waals surface area (Å²) in [4.78, 5) is 33.2. The number of halogens is 1. The van der Waals surface area contributed by atoms with Crippen LogP contribution in [0.25, 0.3) is 11.0 Å². The van der Waals surface area contributed by atoms with Crippen molar-refractivity contribution < 1.29 is 9.21 Å². The zero-order valence-corrected chi connectivity index (χ0v) is 27.2. The summed E-state index contributed by atoms with van der Waals surface area (Å²) < 4.78 is 8.01. The van der Waals surface area contributed by atoms with Gasteiger partial charge in [-0.05, 0) is 118 Å². The highest BCUT2D eigenvalue weighted by Gasteiger charge is 2.42. The zero-order valence-electron chi connectivity index (χ0n) is 26.4. The predicted octanol–water partition coefficient (Wildman–Crippen LogP) is 6.75. The molecule has 1 aliphatic carbocycles. The monoisotopic (exact) mass is 629 g/mol. The van der Waals surface area contributed by atoms with Gasteiger partial charge in [-0.1, -0.05) is 43.0 Å². The van der Waals surface area contributed by atoms with Crippen LogP contribution in [0, 0.1) is 25.2 Å². The maximum absolute atomic E-state index is 13.5. The van der Waals surface area contributed by atoms with Gasteiger partial charge in [-0.3, -0.25) is 14.3 Å². The first-order valence-corrected chi connectivity index (χ1v) is 16.8. The molecule has 2 aliphatic rings. The lowest BCUT2D eigenvalue weighted by Crippen LogP contribution is -2.48. The number of rotatable bonds is 10. The van der Waals surface area contributed by atoms with Crippen molar-refractivity contribution >= 4 is 28.5 Å². The largest absolute Gasteiger partial charge is 0.451 e. The molecule has 3 heterocycles. The van der Waals surface area contributed by atoms with E-state index in [1.807, 2.05) is 61.3 Å². The summed E-state index contributed by atoms with van der Waals surface area (Å²) in [5, 5.41) is 8.85. The maximum atomic E-state index is 13.5. The van der Waals surface area contributed by atoms with Crippen LogP contribution < -0.4 is 10.7 Å². The van der Waals surface area contributed by atoms with Crippen molar-refractivity contribution in [3.8, 4) is 0 Å². The number of fused-ring (bicyclic) bond motifs is 1. The van der Waals surface area contributed by atoms with Crippen LogP contribution in [-0.4, -0.2) is 51.2 Å². The van der Waals surface area contributed by atoms with Gasteiger partial charge in [-0.2, -0.15) is 5.10 Å². The van der Waals surface area contributed by atoms with Crippen LogP contribution >= 0.6 is 11.6 Å². The van der Waals surface area contributed by atoms with Crippen molar-refractivity contribution in [2.24, 2.45) is 11.3 Å². The SMILES string of the molecule is Cc1cc2oc(C(=O)N[C@H](CCN3CCC(Cn4cncn4)(C4CCCCC4)CC3)Cc3ccc(Cl)cc3)cc(=O)c2cc1C. The first-order chi connectivity index (χ1) is 21.8. The molecule has 2 aromatic heterocycles. The van der Waals surface area contributed by atoms with Gasteiger partial charge >= 0.3 is 0 Å². The molecule has 1 amide bonds. The first-order valence-electron chi connectivity index (χ1n) is 16.4. The number of nitrogens with one attached hydrogen (secondary N) is 1. The maximum Gasteiger partial charge on any atom is 0.287 e. The number of nitrogens with zero attached hydrogens (tertiary/aromatic N) is 4. The molecule has 2 fully saturated rings. The summed E-state index contributed by atoms with van der Waals surface area (Å²) in [6.07, 6.45) is 13.9. The van der Waals surface area contributed by atoms with E-state index in [9.17, 15) is 9.59 Å². The molecule has 238 valence electrons. The number of hydrogen-bond acceptors (Lipinski definition) is 6. The minimum absolute atomic E-state index is 0.0419. The van der Waals surface area contributed by atoms with Crippen LogP contribution in [0.15, 0.2) is 64.3 Å². The van der Waals surface area contributed by atoms with Crippen molar-refractivity contribution in [3.05, 3.63) is 92.8 Å². The predicted molar refractivity (Wildman–Crippen MR) is 178 cm³/mol. The van der Waals surface area contributed by atoms with E-state index in [0.717, 1.165) is 68.0 Å². The van der Waals surface area contributed by atoms with Gasteiger partial charge in [0.1, 0.15) is 18.2 Å². The average molecular weight is 630 g/mol. The number of carbonyl (C=O) groups is 1. The zero-order chi connectivity index (χ0) is 31.4. The summed E-state index contributed by atoms with van der Waals surface area (Å²) >= 11 is 6.15. The molecule has 0 unspecified atom stereocenters. The summed E-state index contributed by atoms with van der Waals surface area (Å²) in [7, 11) is 0. The van der Waals surface area contributed by atoms with E-state index in [-0.39, 0.29) is 28.6 Å². The Bertz CT molecular complexity index is 1650. The number of amides is 1. The van der Waals surface area contributed by atoms with E-state index >= 15 is 0 Å². The van der Waals surface area contributed by atoms with E-state index in [2.05, 4.69) is 20.3 Å². The Hall–Kier alpha value is -3.49. The molecule has 8 nitrogen and oxygen atoms in total. The van der Waals surface area contributed by atoms with Crippen molar-refractivity contribution in [1.29, 1.82) is 0 Å². The highest BCUT2D eigenvalue weighted by Crippen LogP contribution is 2.47. The van der Waals surface area contributed by atoms with E-state index < -0.39 is 0 Å². The van der Waals surface area contributed by atoms with Gasteiger partial charge in [0.15, 0.2) is 11.2 Å². The Morgan fingerprint density at radius 1 is 1.07 bits per heavy atom. The lowest BCUT2D eigenvalue weighted by molar-refractivity contribution is 0.0104. The third-order valence-electron chi connectivity index (χ3n) is 10.4. The average Bonchev–Trinajstić information content (AvgIpc) is 3.56. The number of aryl methyl sites for hydroxylation is 2. The molecular weight excluding hydrogens is 586 g/mol. The molecule has 0 spiro atoms. The normalized spacial score (nSPS) is 18.2. The Balaban J connectivity index is 1.15. The minimum Gasteiger partial charge on any atom is -0.451 e. The van der Waals surface area contributed by atoms with Gasteiger partial charge in [0.05, 0.1) is 5.39 Å². The Morgan fingerprint density at radius 2 is 1.80 bits per heavy atom. The van der Waals surface area contributed by atoms with Crippen LogP contribution in [0.5, 0.6) is 0 Å². The molecule has 9 heteroatoms. The molecule has 1 atom stereocenters. The second-order valence-electron chi connectivity index (χ2n) is 13.3. The number of hydrogen-bond donors (Lipinski definition) is 1. The quantitative estimate of drug-likeness (QED) is 0.209. The molecule has 2 aromatic carbocycles. The Morgan fingerprint density at radius 3 is 2.51 bits per heavy atom. The number of likely N-dealkylation sites (tertiary alicyclic amines) is 1. The second kappa shape index (κ2) is 13.9. The molecule has 6 rings (SSSR count). The van der Waals surface area contributed by atoms with Crippen LogP contribution in [-0.2, 0) is 13.0 Å². The molecule has 4 aromatic rings. The van der Waals surface area contributed by atoms with Crippen LogP contribution in [0.2, 0.25) is 5.02 Å². The van der Waals surface area contributed by atoms with Crippen molar-refractivity contribution in [2.75, 3.05) is 19.6 Å². The van der Waals surface area contributed by atoms with E-state index in [1.54, 1.807) is 6.33 Å². The third kappa shape index (κ3) is 7.50. The van der Waals surface area contributed by atoms with Crippen molar-refractivity contribution in [2.45, 2.75) is 84.2 Å². The van der Waals surface area contributed by atoms with E-state index in [4.69, 9.17) is 16.0 Å². The number of aromatic nitrogens is 3. The highest BCUT2D eigenvalue weighted by atomic mass is 35.5. The lowest BCUT2D eigenvalue weighted by Gasteiger charge is -2.48. The number of piperidine rings is 1. The van der Waals surface area contributed by atoms with E-state index in [0.29, 0.717) is 22.4 Å². The standard InChI is InChI=1S/C36H44ClN5O3/c1-25-18-31-32(43)21-34(45-33(31)19-26(25)2)35(44)40-30(20-27-8-10-29(37)11-9-27)12-15-41-16-13-36(14-17-41,22-42-24-38-23-39-42)28-6-4-3-5-7-28/h8-11,18-19,21,23-24,28,30H,3-7,12-17,20,22H2,1-2H3,(H,40,44)/t30-/m1/s1. The summed E-state index contributed by atoms with van der Waals surface area (Å²) in [5.41, 5.74) is 3.61. The fourth-order valence-electron chi connectivity index (χ4n) is 7.52. The molecule has 0 radical (unpaired) electrons. The second-order valence-corrected chi connectivity index (χ2v) is 13.8.